The molecule has 0 saturated carbocycles. The molecule has 0 aliphatic heterocycles. The minimum atomic E-state index is -0.555. The summed E-state index contributed by atoms with van der Waals surface area (Å²) in [6.07, 6.45) is 0.637. The Bertz CT molecular complexity index is 623. The van der Waals surface area contributed by atoms with Crippen molar-refractivity contribution in [3.05, 3.63) is 71.5 Å². The van der Waals surface area contributed by atoms with E-state index in [1.807, 2.05) is 37.3 Å². The van der Waals surface area contributed by atoms with Crippen molar-refractivity contribution in [1.29, 1.82) is 0 Å². The van der Waals surface area contributed by atoms with Gasteiger partial charge in [-0.25, -0.2) is 9.82 Å². The van der Waals surface area contributed by atoms with Gasteiger partial charge in [-0.15, -0.1) is 0 Å². The molecule has 0 unspecified atom stereocenters. The van der Waals surface area contributed by atoms with Crippen molar-refractivity contribution >= 4 is 11.6 Å². The first-order chi connectivity index (χ1) is 9.66. The van der Waals surface area contributed by atoms with Crippen LogP contribution in [0.2, 0.25) is 0 Å². The van der Waals surface area contributed by atoms with Crippen LogP contribution in [0.5, 0.6) is 0 Å². The van der Waals surface area contributed by atoms with Gasteiger partial charge in [0.25, 0.3) is 5.91 Å². The summed E-state index contributed by atoms with van der Waals surface area (Å²) in [5, 5.41) is 3.99. The molecule has 102 valence electrons. The Morgan fingerprint density at radius 3 is 2.45 bits per heavy atom. The van der Waals surface area contributed by atoms with E-state index in [1.165, 1.54) is 18.2 Å². The number of nitrogens with one attached hydrogen (secondary N) is 1. The summed E-state index contributed by atoms with van der Waals surface area (Å²) in [6.45, 7) is 1.81. The molecule has 0 heterocycles. The van der Waals surface area contributed by atoms with Crippen molar-refractivity contribution in [2.24, 2.45) is 5.10 Å². The third-order valence-electron chi connectivity index (χ3n) is 2.77. The van der Waals surface area contributed by atoms with Gasteiger partial charge in [0.1, 0.15) is 5.82 Å². The molecule has 1 amide bonds. The molecule has 0 aliphatic rings. The Labute approximate surface area is 117 Å². The van der Waals surface area contributed by atoms with Gasteiger partial charge in [0.15, 0.2) is 0 Å². The fourth-order valence-corrected chi connectivity index (χ4v) is 1.78. The summed E-state index contributed by atoms with van der Waals surface area (Å²) in [5.74, 6) is -1.10. The Morgan fingerprint density at radius 2 is 1.75 bits per heavy atom. The summed E-state index contributed by atoms with van der Waals surface area (Å²) in [6, 6.07) is 15.6. The van der Waals surface area contributed by atoms with Crippen molar-refractivity contribution in [3.8, 4) is 0 Å². The van der Waals surface area contributed by atoms with E-state index < -0.39 is 11.7 Å². The molecule has 0 spiro atoms. The molecule has 0 saturated heterocycles. The van der Waals surface area contributed by atoms with Gasteiger partial charge in [0, 0.05) is 12.1 Å². The highest BCUT2D eigenvalue weighted by molar-refractivity contribution is 5.95. The summed E-state index contributed by atoms with van der Waals surface area (Å²) in [7, 11) is 0. The predicted molar refractivity (Wildman–Crippen MR) is 77.1 cm³/mol. The highest BCUT2D eigenvalue weighted by Gasteiger charge is 2.09. The molecule has 4 heteroatoms. The molecule has 20 heavy (non-hydrogen) atoms. The van der Waals surface area contributed by atoms with Crippen LogP contribution in [-0.4, -0.2) is 11.6 Å². The Morgan fingerprint density at radius 1 is 1.10 bits per heavy atom. The Hall–Kier alpha value is -2.49. The zero-order valence-corrected chi connectivity index (χ0v) is 11.1. The zero-order valence-electron chi connectivity index (χ0n) is 11.1. The SMILES string of the molecule is C/C(Cc1ccccc1)=N\NC(=O)c1ccccc1F. The van der Waals surface area contributed by atoms with E-state index in [-0.39, 0.29) is 5.56 Å². The molecule has 0 aliphatic carbocycles. The number of benzene rings is 2. The largest absolute Gasteiger partial charge is 0.274 e. The van der Waals surface area contributed by atoms with Crippen LogP contribution in [0.15, 0.2) is 59.7 Å². The lowest BCUT2D eigenvalue weighted by Gasteiger charge is -2.04. The maximum Gasteiger partial charge on any atom is 0.274 e. The van der Waals surface area contributed by atoms with Gasteiger partial charge in [-0.1, -0.05) is 42.5 Å². The first-order valence-corrected chi connectivity index (χ1v) is 6.29. The second kappa shape index (κ2) is 6.61. The fraction of sp³-hybridized carbons (Fsp3) is 0.125. The van der Waals surface area contributed by atoms with E-state index in [0.717, 1.165) is 11.3 Å². The molecule has 0 atom stereocenters. The molecular formula is C16H15FN2O. The number of hydrogen-bond acceptors (Lipinski definition) is 2. The van der Waals surface area contributed by atoms with Gasteiger partial charge in [0.2, 0.25) is 0 Å². The van der Waals surface area contributed by atoms with Crippen LogP contribution in [0.25, 0.3) is 0 Å². The third kappa shape index (κ3) is 3.75. The van der Waals surface area contributed by atoms with Gasteiger partial charge < -0.3 is 0 Å². The zero-order chi connectivity index (χ0) is 14.4. The van der Waals surface area contributed by atoms with Crippen molar-refractivity contribution in [2.75, 3.05) is 0 Å². The van der Waals surface area contributed by atoms with Crippen LogP contribution in [0.3, 0.4) is 0 Å². The van der Waals surface area contributed by atoms with Crippen LogP contribution in [0, 0.1) is 5.82 Å². The average Bonchev–Trinajstić information content (AvgIpc) is 2.46. The quantitative estimate of drug-likeness (QED) is 0.673. The molecule has 0 radical (unpaired) electrons. The minimum Gasteiger partial charge on any atom is -0.267 e. The second-order valence-electron chi connectivity index (χ2n) is 4.43. The third-order valence-corrected chi connectivity index (χ3v) is 2.77. The van der Waals surface area contributed by atoms with Gasteiger partial charge in [-0.3, -0.25) is 4.79 Å². The Balaban J connectivity index is 1.99. The first kappa shape index (κ1) is 13.9. The second-order valence-corrected chi connectivity index (χ2v) is 4.43. The van der Waals surface area contributed by atoms with Gasteiger partial charge in [-0.05, 0) is 24.6 Å². The summed E-state index contributed by atoms with van der Waals surface area (Å²) < 4.78 is 13.4. The number of hydrogen-bond donors (Lipinski definition) is 1. The number of carbonyl (C=O) groups excluding carboxylic acids is 1. The van der Waals surface area contributed by atoms with E-state index in [0.29, 0.717) is 6.42 Å². The van der Waals surface area contributed by atoms with Crippen LogP contribution >= 0.6 is 0 Å². The number of carbonyl (C=O) groups is 1. The number of rotatable bonds is 4. The number of halogens is 1. The molecule has 0 bridgehead atoms. The van der Waals surface area contributed by atoms with E-state index in [9.17, 15) is 9.18 Å². The van der Waals surface area contributed by atoms with Crippen molar-refractivity contribution in [3.63, 3.8) is 0 Å². The molecule has 1 N–H and O–H groups in total. The molecule has 2 aromatic carbocycles. The van der Waals surface area contributed by atoms with E-state index in [4.69, 9.17) is 0 Å². The predicted octanol–water partition coefficient (Wildman–Crippen LogP) is 3.17. The maximum absolute atomic E-state index is 13.4. The fourth-order valence-electron chi connectivity index (χ4n) is 1.78. The number of nitrogens with zero attached hydrogens (tertiary/aromatic N) is 1. The van der Waals surface area contributed by atoms with Crippen LogP contribution in [0.4, 0.5) is 4.39 Å². The topological polar surface area (TPSA) is 41.5 Å². The normalized spacial score (nSPS) is 11.2. The molecule has 2 rings (SSSR count). The molecular weight excluding hydrogens is 255 g/mol. The van der Waals surface area contributed by atoms with Crippen molar-refractivity contribution in [1.82, 2.24) is 5.43 Å². The highest BCUT2D eigenvalue weighted by Crippen LogP contribution is 2.06. The summed E-state index contributed by atoms with van der Waals surface area (Å²) in [4.78, 5) is 11.8. The lowest BCUT2D eigenvalue weighted by atomic mass is 10.1. The van der Waals surface area contributed by atoms with Crippen molar-refractivity contribution < 1.29 is 9.18 Å². The number of amides is 1. The van der Waals surface area contributed by atoms with Gasteiger partial charge in [0.05, 0.1) is 5.56 Å². The smallest absolute Gasteiger partial charge is 0.267 e. The first-order valence-electron chi connectivity index (χ1n) is 6.29. The van der Waals surface area contributed by atoms with Crippen LogP contribution in [-0.2, 0) is 6.42 Å². The van der Waals surface area contributed by atoms with E-state index in [2.05, 4.69) is 10.5 Å². The number of hydrazone groups is 1. The van der Waals surface area contributed by atoms with Crippen LogP contribution < -0.4 is 5.43 Å². The lowest BCUT2D eigenvalue weighted by molar-refractivity contribution is 0.0950. The Kier molecular flexibility index (Phi) is 4.60. The minimum absolute atomic E-state index is 0.0104. The van der Waals surface area contributed by atoms with Crippen molar-refractivity contribution in [2.45, 2.75) is 13.3 Å². The lowest BCUT2D eigenvalue weighted by Crippen LogP contribution is -2.20. The van der Waals surface area contributed by atoms with Crippen LogP contribution in [0.1, 0.15) is 22.8 Å². The molecule has 0 aromatic heterocycles. The molecule has 2 aromatic rings. The maximum atomic E-state index is 13.4. The van der Waals surface area contributed by atoms with E-state index >= 15 is 0 Å². The van der Waals surface area contributed by atoms with Gasteiger partial charge >= 0.3 is 0 Å². The average molecular weight is 270 g/mol. The summed E-state index contributed by atoms with van der Waals surface area (Å²) in [5.41, 5.74) is 4.21. The monoisotopic (exact) mass is 270 g/mol. The standard InChI is InChI=1S/C16H15FN2O/c1-12(11-13-7-3-2-4-8-13)18-19-16(20)14-9-5-6-10-15(14)17/h2-10H,11H2,1H3,(H,19,20)/b18-12+. The molecule has 3 nitrogen and oxygen atoms in total. The summed E-state index contributed by atoms with van der Waals surface area (Å²) >= 11 is 0. The molecule has 0 fully saturated rings. The van der Waals surface area contributed by atoms with Gasteiger partial charge in [-0.2, -0.15) is 5.10 Å². The highest BCUT2D eigenvalue weighted by atomic mass is 19.1. The van der Waals surface area contributed by atoms with E-state index in [1.54, 1.807) is 6.07 Å².